The summed E-state index contributed by atoms with van der Waals surface area (Å²) >= 11 is 5.11. The topological polar surface area (TPSA) is 62.7 Å². The summed E-state index contributed by atoms with van der Waals surface area (Å²) < 4.78 is 10.9. The Bertz CT molecular complexity index is 633. The van der Waals surface area contributed by atoms with E-state index in [0.717, 1.165) is 23.2 Å². The number of hydrogen-bond acceptors (Lipinski definition) is 4. The third kappa shape index (κ3) is 3.72. The zero-order valence-corrected chi connectivity index (χ0v) is 12.5. The number of nitrogens with zero attached hydrogens (tertiary/aromatic N) is 1. The zero-order chi connectivity index (χ0) is 14.7. The van der Waals surface area contributed by atoms with E-state index in [1.807, 2.05) is 24.3 Å². The molecule has 1 saturated carbocycles. The summed E-state index contributed by atoms with van der Waals surface area (Å²) in [7, 11) is 0. The number of nitrogens with one attached hydrogen (secondary N) is 2. The first-order valence-corrected chi connectivity index (χ1v) is 7.32. The fourth-order valence-corrected chi connectivity index (χ4v) is 2.26. The fourth-order valence-electron chi connectivity index (χ4n) is 2.13. The molecule has 0 radical (unpaired) electrons. The average molecular weight is 303 g/mol. The maximum Gasteiger partial charge on any atom is 0.187 e. The molecule has 3 rings (SSSR count). The Morgan fingerprint density at radius 1 is 1.48 bits per heavy atom. The van der Waals surface area contributed by atoms with Gasteiger partial charge in [-0.1, -0.05) is 6.92 Å². The Hall–Kier alpha value is -2.08. The predicted molar refractivity (Wildman–Crippen MR) is 84.1 cm³/mol. The standard InChI is InChI=1S/C15H17N3O2S/c1-10-7-13(10)14-5-4-12(20-14)9-17-18-15(21)16-8-11-3-2-6-19-11/h2-6,9-10,13H,7-8H2,1H3,(H2,16,18,21)/b17-9-/t10-,13-/m0/s1. The van der Waals surface area contributed by atoms with Gasteiger partial charge in [-0.05, 0) is 48.8 Å². The lowest BCUT2D eigenvalue weighted by atomic mass is 10.3. The molecule has 1 aliphatic carbocycles. The molecular weight excluding hydrogens is 286 g/mol. The van der Waals surface area contributed by atoms with Crippen molar-refractivity contribution in [1.82, 2.24) is 10.7 Å². The van der Waals surface area contributed by atoms with Crippen molar-refractivity contribution in [2.45, 2.75) is 25.8 Å². The van der Waals surface area contributed by atoms with Crippen LogP contribution in [0, 0.1) is 5.92 Å². The Labute approximate surface area is 128 Å². The van der Waals surface area contributed by atoms with E-state index in [2.05, 4.69) is 22.8 Å². The summed E-state index contributed by atoms with van der Waals surface area (Å²) in [5.41, 5.74) is 2.74. The smallest absolute Gasteiger partial charge is 0.187 e. The maximum absolute atomic E-state index is 5.71. The molecule has 110 valence electrons. The quantitative estimate of drug-likeness (QED) is 0.505. The highest BCUT2D eigenvalue weighted by atomic mass is 32.1. The molecule has 2 heterocycles. The van der Waals surface area contributed by atoms with E-state index in [9.17, 15) is 0 Å². The number of hydrogen-bond donors (Lipinski definition) is 2. The van der Waals surface area contributed by atoms with Gasteiger partial charge in [-0.15, -0.1) is 0 Å². The highest BCUT2D eigenvalue weighted by Crippen LogP contribution is 2.47. The molecule has 0 bridgehead atoms. The van der Waals surface area contributed by atoms with Crippen LogP contribution >= 0.6 is 12.2 Å². The molecule has 2 aromatic rings. The number of hydrazone groups is 1. The van der Waals surface area contributed by atoms with Crippen LogP contribution < -0.4 is 10.7 Å². The van der Waals surface area contributed by atoms with Crippen LogP contribution in [0.1, 0.15) is 36.5 Å². The molecule has 0 spiro atoms. The molecule has 0 aliphatic heterocycles. The SMILES string of the molecule is C[C@H]1C[C@@H]1c1ccc(/C=N\NC(=S)NCc2ccco2)o1. The second-order valence-electron chi connectivity index (χ2n) is 5.19. The number of rotatable bonds is 5. The fraction of sp³-hybridized carbons (Fsp3) is 0.333. The maximum atomic E-state index is 5.71. The first-order valence-electron chi connectivity index (χ1n) is 6.91. The lowest BCUT2D eigenvalue weighted by molar-refractivity contribution is 0.499. The molecule has 0 saturated heterocycles. The van der Waals surface area contributed by atoms with Crippen molar-refractivity contribution in [2.75, 3.05) is 0 Å². The van der Waals surface area contributed by atoms with Crippen LogP contribution in [-0.4, -0.2) is 11.3 Å². The van der Waals surface area contributed by atoms with Crippen LogP contribution in [0.25, 0.3) is 0 Å². The Balaban J connectivity index is 1.43. The zero-order valence-electron chi connectivity index (χ0n) is 11.7. The van der Waals surface area contributed by atoms with E-state index in [1.54, 1.807) is 12.5 Å². The first-order chi connectivity index (χ1) is 10.2. The second kappa shape index (κ2) is 6.13. The lowest BCUT2D eigenvalue weighted by Gasteiger charge is -2.04. The molecule has 1 fully saturated rings. The third-order valence-corrected chi connectivity index (χ3v) is 3.72. The van der Waals surface area contributed by atoms with Crippen LogP contribution in [0.15, 0.2) is 44.5 Å². The van der Waals surface area contributed by atoms with Gasteiger partial charge in [-0.3, -0.25) is 5.43 Å². The molecule has 21 heavy (non-hydrogen) atoms. The van der Waals surface area contributed by atoms with Crippen molar-refractivity contribution in [3.05, 3.63) is 47.8 Å². The van der Waals surface area contributed by atoms with E-state index in [1.165, 1.54) is 6.42 Å². The molecule has 2 aromatic heterocycles. The van der Waals surface area contributed by atoms with Gasteiger partial charge >= 0.3 is 0 Å². The third-order valence-electron chi connectivity index (χ3n) is 3.48. The van der Waals surface area contributed by atoms with E-state index in [0.29, 0.717) is 17.6 Å². The van der Waals surface area contributed by atoms with Gasteiger partial charge in [0.2, 0.25) is 0 Å². The highest BCUT2D eigenvalue weighted by molar-refractivity contribution is 7.80. The summed E-state index contributed by atoms with van der Waals surface area (Å²) in [4.78, 5) is 0. The molecule has 0 unspecified atom stereocenters. The minimum atomic E-state index is 0.435. The van der Waals surface area contributed by atoms with Crippen molar-refractivity contribution >= 4 is 23.5 Å². The first kappa shape index (κ1) is 13.9. The van der Waals surface area contributed by atoms with Crippen LogP contribution in [0.4, 0.5) is 0 Å². The normalized spacial score (nSPS) is 20.6. The molecule has 1 aliphatic rings. The minimum Gasteiger partial charge on any atom is -0.467 e. The van der Waals surface area contributed by atoms with Crippen molar-refractivity contribution < 1.29 is 8.83 Å². The van der Waals surface area contributed by atoms with Crippen LogP contribution in [-0.2, 0) is 6.54 Å². The molecule has 2 N–H and O–H groups in total. The molecule has 5 nitrogen and oxygen atoms in total. The highest BCUT2D eigenvalue weighted by Gasteiger charge is 2.36. The largest absolute Gasteiger partial charge is 0.467 e. The van der Waals surface area contributed by atoms with Crippen LogP contribution in [0.2, 0.25) is 0 Å². The van der Waals surface area contributed by atoms with Gasteiger partial charge in [-0.2, -0.15) is 5.10 Å². The molecule has 2 atom stereocenters. The van der Waals surface area contributed by atoms with Crippen molar-refractivity contribution in [3.63, 3.8) is 0 Å². The molecule has 0 amide bonds. The van der Waals surface area contributed by atoms with E-state index < -0.39 is 0 Å². The van der Waals surface area contributed by atoms with E-state index in [-0.39, 0.29) is 0 Å². The van der Waals surface area contributed by atoms with Crippen molar-refractivity contribution in [2.24, 2.45) is 11.0 Å². The number of thiocarbonyl (C=S) groups is 1. The van der Waals surface area contributed by atoms with Gasteiger partial charge in [0, 0.05) is 5.92 Å². The van der Waals surface area contributed by atoms with Gasteiger partial charge < -0.3 is 14.2 Å². The van der Waals surface area contributed by atoms with Gasteiger partial charge in [0.25, 0.3) is 0 Å². The predicted octanol–water partition coefficient (Wildman–Crippen LogP) is 2.99. The summed E-state index contributed by atoms with van der Waals surface area (Å²) in [5, 5.41) is 7.48. The molecule has 6 heteroatoms. The Kier molecular flexibility index (Phi) is 4.06. The number of furan rings is 2. The summed E-state index contributed by atoms with van der Waals surface area (Å²) in [5.74, 6) is 3.90. The van der Waals surface area contributed by atoms with Crippen molar-refractivity contribution in [3.8, 4) is 0 Å². The van der Waals surface area contributed by atoms with Gasteiger partial charge in [-0.25, -0.2) is 0 Å². The van der Waals surface area contributed by atoms with E-state index >= 15 is 0 Å². The molecular formula is C15H17N3O2S. The average Bonchev–Trinajstić information content (AvgIpc) is 2.90. The van der Waals surface area contributed by atoms with Crippen LogP contribution in [0.5, 0.6) is 0 Å². The summed E-state index contributed by atoms with van der Waals surface area (Å²) in [6, 6.07) is 7.65. The van der Waals surface area contributed by atoms with Crippen molar-refractivity contribution in [1.29, 1.82) is 0 Å². The van der Waals surface area contributed by atoms with Gasteiger partial charge in [0.15, 0.2) is 5.11 Å². The van der Waals surface area contributed by atoms with E-state index in [4.69, 9.17) is 21.1 Å². The molecule has 0 aromatic carbocycles. The van der Waals surface area contributed by atoms with Gasteiger partial charge in [0.1, 0.15) is 17.3 Å². The minimum absolute atomic E-state index is 0.435. The summed E-state index contributed by atoms with van der Waals surface area (Å²) in [6.07, 6.45) is 4.46. The Morgan fingerprint density at radius 3 is 3.05 bits per heavy atom. The monoisotopic (exact) mass is 303 g/mol. The second-order valence-corrected chi connectivity index (χ2v) is 5.60. The Morgan fingerprint density at radius 2 is 2.33 bits per heavy atom. The van der Waals surface area contributed by atoms with Crippen LogP contribution in [0.3, 0.4) is 0 Å². The summed E-state index contributed by atoms with van der Waals surface area (Å²) in [6.45, 7) is 2.75. The lowest BCUT2D eigenvalue weighted by Crippen LogP contribution is -2.31. The van der Waals surface area contributed by atoms with Gasteiger partial charge in [0.05, 0.1) is 19.0 Å².